The summed E-state index contributed by atoms with van der Waals surface area (Å²) in [6.07, 6.45) is 3.50. The first-order chi connectivity index (χ1) is 12.6. The number of hydrogen-bond donors (Lipinski definition) is 0. The third-order valence-corrected chi connectivity index (χ3v) is 5.77. The maximum atomic E-state index is 12.4. The molecule has 1 aliphatic rings. The Bertz CT molecular complexity index is 754. The number of ether oxygens (including phenoxy) is 1. The van der Waals surface area contributed by atoms with E-state index in [1.54, 1.807) is 25.1 Å². The first-order valence-corrected chi connectivity index (χ1v) is 10.0. The van der Waals surface area contributed by atoms with Crippen LogP contribution in [-0.2, 0) is 4.79 Å². The summed E-state index contributed by atoms with van der Waals surface area (Å²) in [4.78, 5) is 15.5. The van der Waals surface area contributed by atoms with Crippen molar-refractivity contribution in [3.05, 3.63) is 64.6 Å². The van der Waals surface area contributed by atoms with Crippen LogP contribution in [0, 0.1) is 0 Å². The van der Waals surface area contributed by atoms with Crippen LogP contribution in [0.1, 0.15) is 5.56 Å². The van der Waals surface area contributed by atoms with Gasteiger partial charge in [-0.2, -0.15) is 0 Å². The molecule has 0 bridgehead atoms. The molecule has 0 aliphatic carbocycles. The van der Waals surface area contributed by atoms with Crippen LogP contribution in [0.25, 0.3) is 6.08 Å². The Morgan fingerprint density at radius 2 is 1.69 bits per heavy atom. The third-order valence-electron chi connectivity index (χ3n) is 4.13. The second-order valence-electron chi connectivity index (χ2n) is 5.91. The number of carbonyl (C=O) groups excluding carboxylic acids is 1. The molecule has 0 saturated carbocycles. The van der Waals surface area contributed by atoms with Gasteiger partial charge in [0.05, 0.1) is 7.11 Å². The molecule has 0 aromatic heterocycles. The lowest BCUT2D eigenvalue weighted by Crippen LogP contribution is -2.45. The largest absolute Gasteiger partial charge is 0.497 e. The van der Waals surface area contributed by atoms with Crippen molar-refractivity contribution in [2.24, 2.45) is 0 Å². The number of carbonyl (C=O) groups is 1. The number of rotatable bonds is 5. The summed E-state index contributed by atoms with van der Waals surface area (Å²) in [6.45, 7) is 3.22. The van der Waals surface area contributed by atoms with Gasteiger partial charge in [0, 0.05) is 41.6 Å². The van der Waals surface area contributed by atoms with Crippen molar-refractivity contribution in [3.8, 4) is 5.75 Å². The zero-order valence-corrected chi connectivity index (χ0v) is 17.0. The van der Waals surface area contributed by atoms with Gasteiger partial charge in [0.25, 0.3) is 0 Å². The fourth-order valence-corrected chi connectivity index (χ4v) is 3.80. The van der Waals surface area contributed by atoms with Gasteiger partial charge in [-0.1, -0.05) is 28.1 Å². The van der Waals surface area contributed by atoms with Crippen LogP contribution >= 0.6 is 27.9 Å². The van der Waals surface area contributed by atoms with Gasteiger partial charge in [0.15, 0.2) is 0 Å². The van der Waals surface area contributed by atoms with Gasteiger partial charge in [-0.05, 0) is 60.0 Å². The Labute approximate surface area is 167 Å². The van der Waals surface area contributed by atoms with Gasteiger partial charge in [0.2, 0.25) is 5.91 Å². The number of benzene rings is 2. The summed E-state index contributed by atoms with van der Waals surface area (Å²) in [5.41, 5.74) is 0.989. The van der Waals surface area contributed by atoms with Crippen molar-refractivity contribution in [1.82, 2.24) is 9.21 Å². The Morgan fingerprint density at radius 1 is 1.04 bits per heavy atom. The molecule has 0 N–H and O–H groups in total. The summed E-state index contributed by atoms with van der Waals surface area (Å²) in [5, 5.41) is 0. The number of halogens is 1. The van der Waals surface area contributed by atoms with Crippen LogP contribution < -0.4 is 4.74 Å². The highest BCUT2D eigenvalue weighted by Crippen LogP contribution is 2.25. The number of piperazine rings is 1. The highest BCUT2D eigenvalue weighted by molar-refractivity contribution is 9.10. The van der Waals surface area contributed by atoms with Gasteiger partial charge >= 0.3 is 0 Å². The van der Waals surface area contributed by atoms with Crippen molar-refractivity contribution in [1.29, 1.82) is 0 Å². The monoisotopic (exact) mass is 432 g/mol. The van der Waals surface area contributed by atoms with E-state index in [4.69, 9.17) is 4.74 Å². The fourth-order valence-electron chi connectivity index (χ4n) is 2.63. The zero-order valence-electron chi connectivity index (χ0n) is 14.6. The minimum atomic E-state index is 0.0640. The lowest BCUT2D eigenvalue weighted by atomic mass is 10.2. The molecule has 1 fully saturated rings. The molecule has 2 aromatic rings. The quantitative estimate of drug-likeness (QED) is 0.520. The summed E-state index contributed by atoms with van der Waals surface area (Å²) >= 11 is 5.20. The van der Waals surface area contributed by atoms with E-state index in [0.29, 0.717) is 0 Å². The average Bonchev–Trinajstić information content (AvgIpc) is 2.69. The third kappa shape index (κ3) is 5.37. The Balaban J connectivity index is 1.48. The van der Waals surface area contributed by atoms with Crippen LogP contribution in [0.2, 0.25) is 0 Å². The Morgan fingerprint density at radius 3 is 2.31 bits per heavy atom. The molecule has 1 heterocycles. The van der Waals surface area contributed by atoms with Gasteiger partial charge in [0.1, 0.15) is 5.75 Å². The molecular weight excluding hydrogens is 412 g/mol. The van der Waals surface area contributed by atoms with E-state index in [-0.39, 0.29) is 5.91 Å². The van der Waals surface area contributed by atoms with E-state index in [1.807, 2.05) is 47.4 Å². The second kappa shape index (κ2) is 9.26. The molecule has 0 radical (unpaired) electrons. The number of amides is 1. The van der Waals surface area contributed by atoms with E-state index in [2.05, 4.69) is 32.4 Å². The molecule has 4 nitrogen and oxygen atoms in total. The molecule has 0 unspecified atom stereocenters. The molecule has 2 aromatic carbocycles. The normalized spacial score (nSPS) is 15.4. The Hall–Kier alpha value is -1.76. The van der Waals surface area contributed by atoms with Crippen LogP contribution in [0.5, 0.6) is 5.75 Å². The molecule has 26 heavy (non-hydrogen) atoms. The molecule has 0 atom stereocenters. The summed E-state index contributed by atoms with van der Waals surface area (Å²) in [7, 11) is 1.64. The minimum absolute atomic E-state index is 0.0640. The van der Waals surface area contributed by atoms with Crippen LogP contribution in [0.15, 0.2) is 64.0 Å². The van der Waals surface area contributed by atoms with E-state index >= 15 is 0 Å². The van der Waals surface area contributed by atoms with Gasteiger partial charge in [-0.25, -0.2) is 4.31 Å². The lowest BCUT2D eigenvalue weighted by Gasteiger charge is -2.33. The van der Waals surface area contributed by atoms with Crippen LogP contribution in [-0.4, -0.2) is 48.4 Å². The van der Waals surface area contributed by atoms with E-state index in [0.717, 1.165) is 42.0 Å². The molecule has 136 valence electrons. The van der Waals surface area contributed by atoms with Crippen molar-refractivity contribution >= 4 is 39.9 Å². The van der Waals surface area contributed by atoms with Gasteiger partial charge in [-0.15, -0.1) is 0 Å². The second-order valence-corrected chi connectivity index (χ2v) is 7.99. The summed E-state index contributed by atoms with van der Waals surface area (Å²) in [6, 6.07) is 16.0. The Kier molecular flexibility index (Phi) is 6.77. The number of hydrogen-bond acceptors (Lipinski definition) is 4. The summed E-state index contributed by atoms with van der Waals surface area (Å²) < 4.78 is 8.53. The minimum Gasteiger partial charge on any atom is -0.497 e. The summed E-state index contributed by atoms with van der Waals surface area (Å²) in [5.74, 6) is 0.877. The lowest BCUT2D eigenvalue weighted by molar-refractivity contribution is -0.127. The molecule has 1 saturated heterocycles. The van der Waals surface area contributed by atoms with Crippen LogP contribution in [0.3, 0.4) is 0 Å². The van der Waals surface area contributed by atoms with Gasteiger partial charge in [-0.3, -0.25) is 4.79 Å². The van der Waals surface area contributed by atoms with E-state index < -0.39 is 0 Å². The van der Waals surface area contributed by atoms with Crippen LogP contribution in [0.4, 0.5) is 0 Å². The van der Waals surface area contributed by atoms with Crippen molar-refractivity contribution in [3.63, 3.8) is 0 Å². The van der Waals surface area contributed by atoms with Crippen molar-refractivity contribution in [2.75, 3.05) is 33.3 Å². The molecule has 6 heteroatoms. The molecular formula is C20H21BrN2O2S. The smallest absolute Gasteiger partial charge is 0.246 e. The predicted octanol–water partition coefficient (Wildman–Crippen LogP) is 4.32. The first-order valence-electron chi connectivity index (χ1n) is 8.43. The topological polar surface area (TPSA) is 32.8 Å². The fraction of sp³-hybridized carbons (Fsp3) is 0.250. The maximum absolute atomic E-state index is 12.4. The first kappa shape index (κ1) is 19.0. The highest BCUT2D eigenvalue weighted by atomic mass is 79.9. The standard InChI is InChI=1S/C20H21BrN2O2S/c1-25-18-7-2-16(3-8-18)4-11-20(24)22-12-14-23(15-13-22)26-19-9-5-17(21)6-10-19/h2-11H,12-15H2,1H3/b11-4+. The average molecular weight is 433 g/mol. The molecule has 1 amide bonds. The van der Waals surface area contributed by atoms with Crippen molar-refractivity contribution < 1.29 is 9.53 Å². The maximum Gasteiger partial charge on any atom is 0.246 e. The van der Waals surface area contributed by atoms with E-state index in [9.17, 15) is 4.79 Å². The number of nitrogens with zero attached hydrogens (tertiary/aromatic N) is 2. The van der Waals surface area contributed by atoms with Gasteiger partial charge < -0.3 is 9.64 Å². The van der Waals surface area contributed by atoms with Crippen molar-refractivity contribution in [2.45, 2.75) is 4.90 Å². The number of methoxy groups -OCH3 is 1. The highest BCUT2D eigenvalue weighted by Gasteiger charge is 2.20. The molecule has 0 spiro atoms. The zero-order chi connectivity index (χ0) is 18.4. The predicted molar refractivity (Wildman–Crippen MR) is 110 cm³/mol. The molecule has 1 aliphatic heterocycles. The SMILES string of the molecule is COc1ccc(/C=C/C(=O)N2CCN(Sc3ccc(Br)cc3)CC2)cc1. The van der Waals surface area contributed by atoms with E-state index in [1.165, 1.54) is 4.90 Å². The molecule has 3 rings (SSSR count).